The highest BCUT2D eigenvalue weighted by molar-refractivity contribution is 5.92. The van der Waals surface area contributed by atoms with Gasteiger partial charge >= 0.3 is 0 Å². The smallest absolute Gasteiger partial charge is 0.269 e. The van der Waals surface area contributed by atoms with Crippen LogP contribution in [0.1, 0.15) is 54.6 Å². The number of pyridine rings is 1. The molecule has 1 aromatic carbocycles. The number of aromatic nitrogens is 1. The zero-order chi connectivity index (χ0) is 20.6. The molecule has 6 heteroatoms. The van der Waals surface area contributed by atoms with E-state index in [0.29, 0.717) is 11.4 Å². The number of benzene rings is 1. The molecule has 0 unspecified atom stereocenters. The monoisotopic (exact) mass is 407 g/mol. The Morgan fingerprint density at radius 2 is 1.97 bits per heavy atom. The van der Waals surface area contributed by atoms with E-state index in [1.165, 1.54) is 24.8 Å². The van der Waals surface area contributed by atoms with Gasteiger partial charge in [-0.25, -0.2) is 0 Å². The fourth-order valence-corrected chi connectivity index (χ4v) is 4.82. The number of carbonyl (C=O) groups excluding carboxylic acids is 1. The maximum absolute atomic E-state index is 11.8. The molecule has 0 radical (unpaired) electrons. The van der Waals surface area contributed by atoms with Gasteiger partial charge in [0.2, 0.25) is 0 Å². The molecule has 2 fully saturated rings. The minimum absolute atomic E-state index is 0.00311. The number of carbonyl (C=O) groups is 1. The number of likely N-dealkylation sites (tertiary alicyclic amines) is 1. The third-order valence-electron chi connectivity index (χ3n) is 6.94. The summed E-state index contributed by atoms with van der Waals surface area (Å²) >= 11 is 0. The third-order valence-corrected chi connectivity index (χ3v) is 6.94. The topological polar surface area (TPSA) is 63.7 Å². The van der Waals surface area contributed by atoms with Crippen molar-refractivity contribution in [1.82, 2.24) is 15.2 Å². The lowest BCUT2D eigenvalue weighted by molar-refractivity contribution is -0.0337. The summed E-state index contributed by atoms with van der Waals surface area (Å²) in [5, 5.41) is 2.58. The summed E-state index contributed by atoms with van der Waals surface area (Å²) in [4.78, 5) is 18.5. The average molecular weight is 408 g/mol. The lowest BCUT2D eigenvalue weighted by Crippen LogP contribution is -2.53. The van der Waals surface area contributed by atoms with Crippen LogP contribution in [0.5, 0.6) is 17.2 Å². The van der Waals surface area contributed by atoms with Crippen molar-refractivity contribution in [3.63, 3.8) is 0 Å². The average Bonchev–Trinajstić information content (AvgIpc) is 2.74. The Bertz CT molecular complexity index is 933. The van der Waals surface area contributed by atoms with E-state index in [2.05, 4.69) is 21.3 Å². The minimum atomic E-state index is -0.229. The summed E-state index contributed by atoms with van der Waals surface area (Å²) in [6, 6.07) is 10.3. The number of hydrogen-bond donors (Lipinski definition) is 1. The van der Waals surface area contributed by atoms with Gasteiger partial charge < -0.3 is 19.7 Å². The molecule has 3 heterocycles. The summed E-state index contributed by atoms with van der Waals surface area (Å²) in [7, 11) is 1.59. The number of nitrogens with one attached hydrogen (secondary N) is 1. The van der Waals surface area contributed by atoms with Gasteiger partial charge in [0, 0.05) is 38.4 Å². The van der Waals surface area contributed by atoms with Gasteiger partial charge in [-0.2, -0.15) is 0 Å². The zero-order valence-electron chi connectivity index (χ0n) is 17.5. The second kappa shape index (κ2) is 7.91. The Kier molecular flexibility index (Phi) is 5.11. The number of nitrogens with zero attached hydrogens (tertiary/aromatic N) is 2. The van der Waals surface area contributed by atoms with Gasteiger partial charge in [-0.1, -0.05) is 6.42 Å². The predicted octanol–water partition coefficient (Wildman–Crippen LogP) is 3.95. The molecule has 2 aliphatic heterocycles. The first-order chi connectivity index (χ1) is 14.6. The molecular formula is C24H29N3O3. The maximum atomic E-state index is 11.8. The summed E-state index contributed by atoms with van der Waals surface area (Å²) in [6.45, 7) is 2.33. The number of aryl methyl sites for hydroxylation is 1. The van der Waals surface area contributed by atoms with Crippen LogP contribution in [0.25, 0.3) is 0 Å². The van der Waals surface area contributed by atoms with E-state index in [1.807, 2.05) is 12.1 Å². The summed E-state index contributed by atoms with van der Waals surface area (Å²) in [5.74, 6) is 2.11. The molecule has 30 heavy (non-hydrogen) atoms. The number of ether oxygens (including phenoxy) is 2. The first-order valence-electron chi connectivity index (χ1n) is 11.1. The molecule has 1 N–H and O–H groups in total. The van der Waals surface area contributed by atoms with E-state index < -0.39 is 0 Å². The van der Waals surface area contributed by atoms with Gasteiger partial charge in [0.05, 0.1) is 0 Å². The van der Waals surface area contributed by atoms with Gasteiger partial charge in [-0.05, 0) is 68.4 Å². The molecule has 6 nitrogen and oxygen atoms in total. The predicted molar refractivity (Wildman–Crippen MR) is 114 cm³/mol. The van der Waals surface area contributed by atoms with Crippen molar-refractivity contribution < 1.29 is 14.3 Å². The van der Waals surface area contributed by atoms with E-state index in [1.54, 1.807) is 25.4 Å². The first kappa shape index (κ1) is 19.4. The fraction of sp³-hybridized carbons (Fsp3) is 0.500. The molecule has 158 valence electrons. The first-order valence-corrected chi connectivity index (χ1v) is 11.1. The van der Waals surface area contributed by atoms with Crippen molar-refractivity contribution in [2.75, 3.05) is 20.1 Å². The van der Waals surface area contributed by atoms with Crippen molar-refractivity contribution in [2.45, 2.75) is 56.6 Å². The SMILES string of the molecule is CNC(=O)c1cc(Oc2ccc3c(c2)CCC2(CCN(C4CCC4)CC2)O3)ccn1. The van der Waals surface area contributed by atoms with Crippen molar-refractivity contribution in [2.24, 2.45) is 0 Å². The molecule has 1 spiro atoms. The van der Waals surface area contributed by atoms with E-state index in [4.69, 9.17) is 9.47 Å². The van der Waals surface area contributed by atoms with E-state index >= 15 is 0 Å². The second-order valence-corrected chi connectivity index (χ2v) is 8.73. The Morgan fingerprint density at radius 1 is 1.17 bits per heavy atom. The van der Waals surface area contributed by atoms with Crippen LogP contribution < -0.4 is 14.8 Å². The fourth-order valence-electron chi connectivity index (χ4n) is 4.82. The molecule has 0 bridgehead atoms. The standard InChI is InChI=1S/C24H29N3O3/c1-25-23(28)21-16-20(8-12-26-21)29-19-5-6-22-17(15-19)7-9-24(30-22)10-13-27(14-11-24)18-3-2-4-18/h5-6,8,12,15-16,18H,2-4,7,9-11,13-14H2,1H3,(H,25,28). The molecule has 3 aliphatic rings. The van der Waals surface area contributed by atoms with Crippen LogP contribution >= 0.6 is 0 Å². The van der Waals surface area contributed by atoms with Gasteiger partial charge in [0.25, 0.3) is 5.91 Å². The second-order valence-electron chi connectivity index (χ2n) is 8.73. The molecular weight excluding hydrogens is 378 g/mol. The zero-order valence-corrected chi connectivity index (χ0v) is 17.5. The van der Waals surface area contributed by atoms with Gasteiger partial charge in [-0.15, -0.1) is 0 Å². The van der Waals surface area contributed by atoms with Crippen molar-refractivity contribution in [1.29, 1.82) is 0 Å². The van der Waals surface area contributed by atoms with Crippen molar-refractivity contribution in [3.8, 4) is 17.2 Å². The summed E-state index contributed by atoms with van der Waals surface area (Å²) in [5.41, 5.74) is 1.54. The number of rotatable bonds is 4. The maximum Gasteiger partial charge on any atom is 0.269 e. The molecule has 1 saturated heterocycles. The lowest BCUT2D eigenvalue weighted by atomic mass is 9.81. The molecule has 2 aromatic rings. The third kappa shape index (κ3) is 3.76. The number of fused-ring (bicyclic) bond motifs is 1. The Hall–Kier alpha value is -2.60. The Labute approximate surface area is 177 Å². The number of piperidine rings is 1. The largest absolute Gasteiger partial charge is 0.487 e. The highest BCUT2D eigenvalue weighted by Crippen LogP contribution is 2.42. The van der Waals surface area contributed by atoms with Crippen molar-refractivity contribution >= 4 is 5.91 Å². The van der Waals surface area contributed by atoms with Crippen LogP contribution in [0, 0.1) is 0 Å². The molecule has 1 saturated carbocycles. The summed E-state index contributed by atoms with van der Waals surface area (Å²) < 4.78 is 12.6. The highest BCUT2D eigenvalue weighted by atomic mass is 16.5. The normalized spacial score (nSPS) is 20.7. The highest BCUT2D eigenvalue weighted by Gasteiger charge is 2.41. The molecule has 1 aromatic heterocycles. The molecule has 1 aliphatic carbocycles. The minimum Gasteiger partial charge on any atom is -0.487 e. The van der Waals surface area contributed by atoms with Gasteiger partial charge in [-0.3, -0.25) is 9.78 Å². The lowest BCUT2D eigenvalue weighted by Gasteiger charge is -2.48. The Balaban J connectivity index is 1.25. The van der Waals surface area contributed by atoms with E-state index in [0.717, 1.165) is 56.3 Å². The van der Waals surface area contributed by atoms with Crippen LogP contribution in [0.2, 0.25) is 0 Å². The van der Waals surface area contributed by atoms with Crippen molar-refractivity contribution in [3.05, 3.63) is 47.8 Å². The van der Waals surface area contributed by atoms with Crippen LogP contribution in [0.3, 0.4) is 0 Å². The molecule has 0 atom stereocenters. The van der Waals surface area contributed by atoms with E-state index in [9.17, 15) is 4.79 Å². The van der Waals surface area contributed by atoms with Gasteiger partial charge in [0.1, 0.15) is 28.5 Å². The summed E-state index contributed by atoms with van der Waals surface area (Å²) in [6.07, 6.45) is 10.1. The van der Waals surface area contributed by atoms with E-state index in [-0.39, 0.29) is 11.5 Å². The number of hydrogen-bond acceptors (Lipinski definition) is 5. The van der Waals surface area contributed by atoms with Crippen LogP contribution in [-0.4, -0.2) is 47.6 Å². The quantitative estimate of drug-likeness (QED) is 0.832. The molecule has 1 amide bonds. The van der Waals surface area contributed by atoms with Crippen LogP contribution in [-0.2, 0) is 6.42 Å². The molecule has 5 rings (SSSR count). The number of amides is 1. The van der Waals surface area contributed by atoms with Crippen LogP contribution in [0.4, 0.5) is 0 Å². The van der Waals surface area contributed by atoms with Gasteiger partial charge in [0.15, 0.2) is 0 Å². The Morgan fingerprint density at radius 3 is 2.70 bits per heavy atom. The van der Waals surface area contributed by atoms with Crippen LogP contribution in [0.15, 0.2) is 36.5 Å².